The minimum atomic E-state index is -4.95. The molecule has 0 bridgehead atoms. The Balaban J connectivity index is 2.66. The second kappa shape index (κ2) is 8.36. The molecule has 2 rings (SSSR count). The number of sulfonamides is 1. The fourth-order valence-electron chi connectivity index (χ4n) is 1.99. The fraction of sp³-hybridized carbons (Fsp3) is 0.250. The summed E-state index contributed by atoms with van der Waals surface area (Å²) in [6.45, 7) is -4.00. The van der Waals surface area contributed by atoms with Crippen LogP contribution in [0.1, 0.15) is 5.56 Å². The average molecular weight is 455 g/mol. The third-order valence-electron chi connectivity index (χ3n) is 3.14. The molecule has 7 nitrogen and oxygen atoms in total. The van der Waals surface area contributed by atoms with Gasteiger partial charge in [-0.1, -0.05) is 5.92 Å². The summed E-state index contributed by atoms with van der Waals surface area (Å²) in [5.74, 6) is -0.639. The third kappa shape index (κ3) is 6.49. The van der Waals surface area contributed by atoms with Crippen LogP contribution in [0.4, 0.5) is 26.3 Å². The molecule has 0 aliphatic heterocycles. The van der Waals surface area contributed by atoms with E-state index in [0.29, 0.717) is 5.56 Å². The van der Waals surface area contributed by atoms with Crippen LogP contribution in [0.15, 0.2) is 29.2 Å². The van der Waals surface area contributed by atoms with E-state index in [4.69, 9.17) is 11.6 Å². The standard InChI is InChI=1S/C16H11F6N3O4S/c1-2-9-3-5-10(6-4-9)12-24-13(28-7-15(17,18)19)11(30(23,26)27)14(25-12)29-8-16(20,21)22/h1,3-6H,7-8H2,(H2,23,26,27). The van der Waals surface area contributed by atoms with Crippen LogP contribution in [0.5, 0.6) is 11.8 Å². The molecule has 1 heterocycles. The van der Waals surface area contributed by atoms with E-state index in [1.807, 2.05) is 0 Å². The highest BCUT2D eigenvalue weighted by molar-refractivity contribution is 7.89. The molecule has 30 heavy (non-hydrogen) atoms. The second-order valence-corrected chi connectivity index (χ2v) is 7.06. The number of benzene rings is 1. The predicted octanol–water partition coefficient (Wildman–Crippen LogP) is 2.65. The van der Waals surface area contributed by atoms with Crippen molar-refractivity contribution in [2.75, 3.05) is 13.2 Å². The highest BCUT2D eigenvalue weighted by Crippen LogP contribution is 2.34. The lowest BCUT2D eigenvalue weighted by molar-refractivity contribution is -0.155. The number of alkyl halides is 6. The van der Waals surface area contributed by atoms with Crippen molar-refractivity contribution in [1.29, 1.82) is 0 Å². The summed E-state index contributed by atoms with van der Waals surface area (Å²) in [6.07, 6.45) is -4.63. The van der Waals surface area contributed by atoms with Gasteiger partial charge in [-0.25, -0.2) is 13.6 Å². The van der Waals surface area contributed by atoms with Crippen molar-refractivity contribution in [3.8, 4) is 35.5 Å². The van der Waals surface area contributed by atoms with Gasteiger partial charge in [0.1, 0.15) is 0 Å². The topological polar surface area (TPSA) is 104 Å². The van der Waals surface area contributed by atoms with Crippen molar-refractivity contribution in [3.63, 3.8) is 0 Å². The van der Waals surface area contributed by atoms with Crippen molar-refractivity contribution in [2.24, 2.45) is 5.14 Å². The molecule has 2 N–H and O–H groups in total. The highest BCUT2D eigenvalue weighted by atomic mass is 32.2. The molecule has 0 fully saturated rings. The smallest absolute Gasteiger partial charge is 0.422 e. The normalized spacial score (nSPS) is 12.3. The number of aromatic nitrogens is 2. The van der Waals surface area contributed by atoms with E-state index < -0.39 is 58.1 Å². The third-order valence-corrected chi connectivity index (χ3v) is 4.06. The molecule has 0 atom stereocenters. The maximum Gasteiger partial charge on any atom is 0.422 e. The summed E-state index contributed by atoms with van der Waals surface area (Å²) in [4.78, 5) is 5.77. The number of nitrogens with zero attached hydrogens (tertiary/aromatic N) is 2. The first-order chi connectivity index (χ1) is 13.7. The van der Waals surface area contributed by atoms with Crippen LogP contribution in [0.3, 0.4) is 0 Å². The Labute approximate surface area is 165 Å². The van der Waals surface area contributed by atoms with Gasteiger partial charge in [0.25, 0.3) is 0 Å². The van der Waals surface area contributed by atoms with Crippen LogP contribution in [0.2, 0.25) is 0 Å². The van der Waals surface area contributed by atoms with E-state index >= 15 is 0 Å². The number of hydrogen-bond acceptors (Lipinski definition) is 6. The lowest BCUT2D eigenvalue weighted by Gasteiger charge is -2.16. The molecule has 0 saturated carbocycles. The van der Waals surface area contributed by atoms with Gasteiger partial charge >= 0.3 is 12.4 Å². The summed E-state index contributed by atoms with van der Waals surface area (Å²) >= 11 is 0. The van der Waals surface area contributed by atoms with E-state index in [1.165, 1.54) is 24.3 Å². The Bertz CT molecular complexity index is 1020. The van der Waals surface area contributed by atoms with Crippen LogP contribution in [-0.4, -0.2) is 44.0 Å². The van der Waals surface area contributed by atoms with Crippen LogP contribution < -0.4 is 14.6 Å². The molecule has 0 aliphatic rings. The number of rotatable bonds is 6. The van der Waals surface area contributed by atoms with E-state index in [1.54, 1.807) is 0 Å². The molecule has 14 heteroatoms. The van der Waals surface area contributed by atoms with Crippen molar-refractivity contribution in [3.05, 3.63) is 29.8 Å². The van der Waals surface area contributed by atoms with E-state index in [9.17, 15) is 34.8 Å². The van der Waals surface area contributed by atoms with Gasteiger partial charge in [0.2, 0.25) is 26.7 Å². The SMILES string of the molecule is C#Cc1ccc(-c2nc(OCC(F)(F)F)c(S(N)(=O)=O)c(OCC(F)(F)F)n2)cc1. The molecule has 0 amide bonds. The zero-order valence-electron chi connectivity index (χ0n) is 14.6. The highest BCUT2D eigenvalue weighted by Gasteiger charge is 2.35. The van der Waals surface area contributed by atoms with E-state index in [2.05, 4.69) is 25.4 Å². The monoisotopic (exact) mass is 455 g/mol. The number of terminal acetylenes is 1. The number of primary sulfonamides is 1. The van der Waals surface area contributed by atoms with Crippen molar-refractivity contribution in [1.82, 2.24) is 9.97 Å². The Morgan fingerprint density at radius 2 is 1.37 bits per heavy atom. The van der Waals surface area contributed by atoms with E-state index in [-0.39, 0.29) is 5.56 Å². The van der Waals surface area contributed by atoms with Crippen LogP contribution >= 0.6 is 0 Å². The van der Waals surface area contributed by atoms with Crippen molar-refractivity contribution in [2.45, 2.75) is 17.2 Å². The summed E-state index contributed by atoms with van der Waals surface area (Å²) in [5.41, 5.74) is 0.477. The minimum absolute atomic E-state index is 0.0729. The number of ether oxygens (including phenoxy) is 2. The molecular formula is C16H11F6N3O4S. The Hall–Kier alpha value is -3.05. The molecule has 1 aromatic carbocycles. The Kier molecular flexibility index (Phi) is 6.48. The molecule has 0 aliphatic carbocycles. The molecule has 0 radical (unpaired) electrons. The van der Waals surface area contributed by atoms with Crippen LogP contribution in [-0.2, 0) is 10.0 Å². The number of nitrogens with two attached hydrogens (primary N) is 1. The summed E-state index contributed by atoms with van der Waals surface area (Å²) in [6, 6.07) is 5.39. The summed E-state index contributed by atoms with van der Waals surface area (Å²) in [5, 5.41) is 4.91. The first-order valence-electron chi connectivity index (χ1n) is 7.60. The lowest BCUT2D eigenvalue weighted by atomic mass is 10.1. The number of halogens is 6. The quantitative estimate of drug-likeness (QED) is 0.531. The number of hydrogen-bond donors (Lipinski definition) is 1. The lowest BCUT2D eigenvalue weighted by Crippen LogP contribution is -2.25. The molecule has 0 unspecified atom stereocenters. The first kappa shape index (κ1) is 23.2. The zero-order chi connectivity index (χ0) is 22.7. The van der Waals surface area contributed by atoms with Gasteiger partial charge in [-0.15, -0.1) is 6.42 Å². The van der Waals surface area contributed by atoms with Crippen molar-refractivity contribution < 1.29 is 44.2 Å². The Morgan fingerprint density at radius 1 is 0.933 bits per heavy atom. The van der Waals surface area contributed by atoms with Gasteiger partial charge in [0, 0.05) is 11.1 Å². The van der Waals surface area contributed by atoms with Gasteiger partial charge in [-0.05, 0) is 24.3 Å². The molecule has 0 saturated heterocycles. The predicted molar refractivity (Wildman–Crippen MR) is 89.9 cm³/mol. The van der Waals surface area contributed by atoms with Gasteiger partial charge in [0.05, 0.1) is 0 Å². The molecule has 2 aromatic rings. The maximum atomic E-state index is 12.5. The van der Waals surface area contributed by atoms with Gasteiger partial charge < -0.3 is 9.47 Å². The zero-order valence-corrected chi connectivity index (χ0v) is 15.4. The van der Waals surface area contributed by atoms with Crippen LogP contribution in [0.25, 0.3) is 11.4 Å². The van der Waals surface area contributed by atoms with Crippen molar-refractivity contribution >= 4 is 10.0 Å². The molecule has 1 aromatic heterocycles. The van der Waals surface area contributed by atoms with Gasteiger partial charge in [0.15, 0.2) is 19.0 Å². The fourth-order valence-corrected chi connectivity index (χ4v) is 2.69. The molecule has 162 valence electrons. The maximum absolute atomic E-state index is 12.5. The summed E-state index contributed by atoms with van der Waals surface area (Å²) < 4.78 is 108. The second-order valence-electron chi connectivity index (χ2n) is 5.56. The molecular weight excluding hydrogens is 444 g/mol. The average Bonchev–Trinajstić information content (AvgIpc) is 2.62. The van der Waals surface area contributed by atoms with Crippen LogP contribution in [0, 0.1) is 12.3 Å². The minimum Gasteiger partial charge on any atom is -0.467 e. The summed E-state index contributed by atoms with van der Waals surface area (Å²) in [7, 11) is -4.95. The van der Waals surface area contributed by atoms with Gasteiger partial charge in [-0.2, -0.15) is 36.3 Å². The van der Waals surface area contributed by atoms with E-state index in [0.717, 1.165) is 0 Å². The van der Waals surface area contributed by atoms with Gasteiger partial charge in [-0.3, -0.25) is 0 Å². The Morgan fingerprint density at radius 3 is 1.70 bits per heavy atom. The largest absolute Gasteiger partial charge is 0.467 e. The first-order valence-corrected chi connectivity index (χ1v) is 9.15. The molecule has 0 spiro atoms.